The number of hydrogen-bond acceptors (Lipinski definition) is 3. The van der Waals surface area contributed by atoms with Gasteiger partial charge in [0, 0.05) is 6.54 Å². The van der Waals surface area contributed by atoms with Crippen molar-refractivity contribution in [1.82, 2.24) is 25.4 Å². The zero-order valence-electron chi connectivity index (χ0n) is 11.3. The molecule has 104 valence electrons. The van der Waals surface area contributed by atoms with Gasteiger partial charge >= 0.3 is 0 Å². The van der Waals surface area contributed by atoms with E-state index in [2.05, 4.69) is 34.2 Å². The predicted octanol–water partition coefficient (Wildman–Crippen LogP) is 1.98. The highest BCUT2D eigenvalue weighted by atomic mass is 32.1. The Morgan fingerprint density at radius 3 is 2.80 bits per heavy atom. The Bertz CT molecular complexity index is 562. The minimum absolute atomic E-state index is 0.129. The van der Waals surface area contributed by atoms with Crippen molar-refractivity contribution in [3.8, 4) is 5.69 Å². The Morgan fingerprint density at radius 2 is 2.20 bits per heavy atom. The third-order valence-electron chi connectivity index (χ3n) is 2.83. The molecule has 2 rings (SSSR count). The number of nitrogens with zero attached hydrogens (tertiary/aromatic N) is 3. The van der Waals surface area contributed by atoms with Crippen LogP contribution in [0.5, 0.6) is 0 Å². The van der Waals surface area contributed by atoms with Crippen molar-refractivity contribution in [2.45, 2.75) is 13.0 Å². The molecule has 1 atom stereocenters. The lowest BCUT2D eigenvalue weighted by molar-refractivity contribution is 0.705. The molecule has 0 radical (unpaired) electrons. The molecule has 2 N–H and O–H groups in total. The normalized spacial score (nSPS) is 11.7. The average molecular weight is 287 g/mol. The summed E-state index contributed by atoms with van der Waals surface area (Å²) in [4.78, 5) is 3.93. The Labute approximate surface area is 123 Å². The van der Waals surface area contributed by atoms with Crippen LogP contribution < -0.4 is 10.6 Å². The second-order valence-electron chi connectivity index (χ2n) is 4.30. The van der Waals surface area contributed by atoms with Crippen molar-refractivity contribution in [2.24, 2.45) is 0 Å². The number of rotatable bonds is 5. The molecule has 1 heterocycles. The van der Waals surface area contributed by atoms with E-state index in [9.17, 15) is 0 Å². The van der Waals surface area contributed by atoms with Gasteiger partial charge in [0.25, 0.3) is 0 Å². The zero-order chi connectivity index (χ0) is 14.4. The van der Waals surface area contributed by atoms with Crippen LogP contribution in [0.3, 0.4) is 0 Å². The summed E-state index contributed by atoms with van der Waals surface area (Å²) in [5, 5.41) is 11.0. The molecule has 0 fully saturated rings. The fourth-order valence-corrected chi connectivity index (χ4v) is 2.01. The zero-order valence-corrected chi connectivity index (χ0v) is 12.1. The third-order valence-corrected chi connectivity index (χ3v) is 3.09. The first kappa shape index (κ1) is 14.2. The molecular weight excluding hydrogens is 270 g/mol. The number of benzene rings is 1. The van der Waals surface area contributed by atoms with Crippen molar-refractivity contribution < 1.29 is 0 Å². The number of nitrogens with one attached hydrogen (secondary N) is 2. The highest BCUT2D eigenvalue weighted by Crippen LogP contribution is 2.14. The van der Waals surface area contributed by atoms with E-state index < -0.39 is 0 Å². The molecule has 0 aliphatic rings. The molecule has 0 amide bonds. The van der Waals surface area contributed by atoms with Crippen molar-refractivity contribution in [3.63, 3.8) is 0 Å². The van der Waals surface area contributed by atoms with Gasteiger partial charge in [0.15, 0.2) is 5.11 Å². The Hall–Kier alpha value is -2.21. The van der Waals surface area contributed by atoms with Crippen molar-refractivity contribution in [1.29, 1.82) is 0 Å². The minimum Gasteiger partial charge on any atom is -0.359 e. The summed E-state index contributed by atoms with van der Waals surface area (Å²) in [6.07, 6.45) is 4.96. The van der Waals surface area contributed by atoms with Crippen LogP contribution in [0, 0.1) is 0 Å². The van der Waals surface area contributed by atoms with E-state index in [1.165, 1.54) is 6.33 Å². The predicted molar refractivity (Wildman–Crippen MR) is 83.7 cm³/mol. The van der Waals surface area contributed by atoms with Crippen LogP contribution in [0.1, 0.15) is 18.5 Å². The summed E-state index contributed by atoms with van der Waals surface area (Å²) >= 11 is 5.19. The molecule has 0 saturated heterocycles. The van der Waals surface area contributed by atoms with Gasteiger partial charge in [0.1, 0.15) is 12.7 Å². The highest BCUT2D eigenvalue weighted by Gasteiger charge is 2.07. The molecule has 1 aromatic heterocycles. The molecule has 2 aromatic rings. The summed E-state index contributed by atoms with van der Waals surface area (Å²) in [5.74, 6) is 0. The fourth-order valence-electron chi connectivity index (χ4n) is 1.75. The SMILES string of the molecule is C=CCNC(=S)N[C@@H](C)c1ccc(-n2cncn2)cc1. The first-order chi connectivity index (χ1) is 9.70. The Kier molecular flexibility index (Phi) is 4.84. The fraction of sp³-hybridized carbons (Fsp3) is 0.214. The number of thiocarbonyl (C=S) groups is 1. The summed E-state index contributed by atoms with van der Waals surface area (Å²) < 4.78 is 1.72. The molecule has 0 aliphatic heterocycles. The van der Waals surface area contributed by atoms with Gasteiger partial charge in [-0.3, -0.25) is 0 Å². The van der Waals surface area contributed by atoms with Crippen LogP contribution in [0.25, 0.3) is 5.69 Å². The first-order valence-electron chi connectivity index (χ1n) is 6.31. The van der Waals surface area contributed by atoms with Gasteiger partial charge in [0.2, 0.25) is 0 Å². The standard InChI is InChI=1S/C14H17N5S/c1-3-8-16-14(20)18-11(2)12-4-6-13(7-5-12)19-10-15-9-17-19/h3-7,9-11H,1,8H2,2H3,(H2,16,18,20)/t11-/m0/s1. The van der Waals surface area contributed by atoms with E-state index in [1.807, 2.05) is 24.3 Å². The molecule has 5 nitrogen and oxygen atoms in total. The Balaban J connectivity index is 1.99. The minimum atomic E-state index is 0.129. The van der Waals surface area contributed by atoms with E-state index in [4.69, 9.17) is 12.2 Å². The first-order valence-corrected chi connectivity index (χ1v) is 6.71. The van der Waals surface area contributed by atoms with Gasteiger partial charge in [-0.1, -0.05) is 18.2 Å². The molecule has 20 heavy (non-hydrogen) atoms. The summed E-state index contributed by atoms with van der Waals surface area (Å²) in [7, 11) is 0. The van der Waals surface area contributed by atoms with Gasteiger partial charge in [0.05, 0.1) is 11.7 Å². The molecule has 6 heteroatoms. The van der Waals surface area contributed by atoms with Gasteiger partial charge in [-0.25, -0.2) is 9.67 Å². The van der Waals surface area contributed by atoms with Crippen molar-refractivity contribution in [2.75, 3.05) is 6.54 Å². The summed E-state index contributed by atoms with van der Waals surface area (Å²) in [6, 6.07) is 8.23. The quantitative estimate of drug-likeness (QED) is 0.650. The van der Waals surface area contributed by atoms with E-state index in [0.717, 1.165) is 11.3 Å². The van der Waals surface area contributed by atoms with E-state index in [-0.39, 0.29) is 6.04 Å². The Morgan fingerprint density at radius 1 is 1.45 bits per heavy atom. The molecule has 0 spiro atoms. The smallest absolute Gasteiger partial charge is 0.167 e. The highest BCUT2D eigenvalue weighted by molar-refractivity contribution is 7.80. The third kappa shape index (κ3) is 3.64. The van der Waals surface area contributed by atoms with E-state index in [1.54, 1.807) is 17.1 Å². The lowest BCUT2D eigenvalue weighted by Gasteiger charge is -2.17. The van der Waals surface area contributed by atoms with Crippen LogP contribution in [-0.4, -0.2) is 26.4 Å². The maximum absolute atomic E-state index is 5.19. The summed E-state index contributed by atoms with van der Waals surface area (Å²) in [5.41, 5.74) is 2.13. The van der Waals surface area contributed by atoms with Crippen LogP contribution in [-0.2, 0) is 0 Å². The molecular formula is C14H17N5S. The van der Waals surface area contributed by atoms with Gasteiger partial charge in [-0.15, -0.1) is 6.58 Å². The van der Waals surface area contributed by atoms with E-state index >= 15 is 0 Å². The second-order valence-corrected chi connectivity index (χ2v) is 4.70. The van der Waals surface area contributed by atoms with Crippen LogP contribution in [0.15, 0.2) is 49.6 Å². The molecule has 0 bridgehead atoms. The van der Waals surface area contributed by atoms with Crippen molar-refractivity contribution in [3.05, 3.63) is 55.1 Å². The topological polar surface area (TPSA) is 54.8 Å². The van der Waals surface area contributed by atoms with Gasteiger partial charge < -0.3 is 10.6 Å². The number of hydrogen-bond donors (Lipinski definition) is 2. The largest absolute Gasteiger partial charge is 0.359 e. The van der Waals surface area contributed by atoms with Gasteiger partial charge in [-0.05, 0) is 36.8 Å². The lowest BCUT2D eigenvalue weighted by atomic mass is 10.1. The number of aromatic nitrogens is 3. The second kappa shape index (κ2) is 6.81. The molecule has 0 aliphatic carbocycles. The average Bonchev–Trinajstić information content (AvgIpc) is 2.99. The van der Waals surface area contributed by atoms with Crippen LogP contribution in [0.4, 0.5) is 0 Å². The van der Waals surface area contributed by atoms with Crippen LogP contribution in [0.2, 0.25) is 0 Å². The maximum Gasteiger partial charge on any atom is 0.167 e. The van der Waals surface area contributed by atoms with Crippen molar-refractivity contribution >= 4 is 17.3 Å². The van der Waals surface area contributed by atoms with E-state index in [0.29, 0.717) is 11.7 Å². The molecule has 0 unspecified atom stereocenters. The summed E-state index contributed by atoms with van der Waals surface area (Å²) in [6.45, 7) is 6.36. The lowest BCUT2D eigenvalue weighted by Crippen LogP contribution is -2.36. The van der Waals surface area contributed by atoms with Crippen LogP contribution >= 0.6 is 12.2 Å². The molecule has 0 saturated carbocycles. The molecule has 1 aromatic carbocycles. The van der Waals surface area contributed by atoms with Gasteiger partial charge in [-0.2, -0.15) is 5.10 Å². The maximum atomic E-state index is 5.19. The monoisotopic (exact) mass is 287 g/mol.